The van der Waals surface area contributed by atoms with Crippen LogP contribution in [0, 0.1) is 10.5 Å². The van der Waals surface area contributed by atoms with Crippen LogP contribution in [0.15, 0.2) is 42.5 Å². The summed E-state index contributed by atoms with van der Waals surface area (Å²) >= 11 is 2.14. The molecule has 0 atom stereocenters. The standard InChI is InChI=1S/C15H14INO2/c1-10-4-2-3-5-12(10)9-19-14-7-6-11(15(17)18)8-13(14)16/h2-8H,9H2,1H3,(H2,17,18). The first-order valence-corrected chi connectivity index (χ1v) is 6.92. The summed E-state index contributed by atoms with van der Waals surface area (Å²) in [5.41, 5.74) is 8.08. The number of hydrogen-bond acceptors (Lipinski definition) is 2. The summed E-state index contributed by atoms with van der Waals surface area (Å²) in [5, 5.41) is 0. The fourth-order valence-electron chi connectivity index (χ4n) is 1.70. The van der Waals surface area contributed by atoms with Crippen LogP contribution in [0.1, 0.15) is 21.5 Å². The number of ether oxygens (including phenoxy) is 1. The molecule has 0 heterocycles. The van der Waals surface area contributed by atoms with Gasteiger partial charge >= 0.3 is 0 Å². The van der Waals surface area contributed by atoms with Crippen molar-refractivity contribution in [3.05, 3.63) is 62.7 Å². The van der Waals surface area contributed by atoms with Crippen LogP contribution >= 0.6 is 22.6 Å². The molecule has 0 aromatic heterocycles. The van der Waals surface area contributed by atoms with E-state index in [0.29, 0.717) is 12.2 Å². The highest BCUT2D eigenvalue weighted by Gasteiger charge is 2.07. The van der Waals surface area contributed by atoms with Gasteiger partial charge in [-0.05, 0) is 58.8 Å². The monoisotopic (exact) mass is 367 g/mol. The summed E-state index contributed by atoms with van der Waals surface area (Å²) in [5.74, 6) is 0.331. The zero-order valence-electron chi connectivity index (χ0n) is 10.5. The second kappa shape index (κ2) is 6.06. The van der Waals surface area contributed by atoms with E-state index in [4.69, 9.17) is 10.5 Å². The van der Waals surface area contributed by atoms with E-state index in [1.165, 1.54) is 5.56 Å². The van der Waals surface area contributed by atoms with Crippen LogP contribution in [0.25, 0.3) is 0 Å². The zero-order valence-corrected chi connectivity index (χ0v) is 12.7. The summed E-state index contributed by atoms with van der Waals surface area (Å²) in [6, 6.07) is 13.3. The van der Waals surface area contributed by atoms with Gasteiger partial charge in [-0.2, -0.15) is 0 Å². The Morgan fingerprint density at radius 3 is 2.63 bits per heavy atom. The SMILES string of the molecule is Cc1ccccc1COc1ccc(C(N)=O)cc1I. The van der Waals surface area contributed by atoms with E-state index < -0.39 is 5.91 Å². The molecule has 2 aromatic rings. The second-order valence-electron chi connectivity index (χ2n) is 4.22. The van der Waals surface area contributed by atoms with E-state index in [9.17, 15) is 4.79 Å². The molecular weight excluding hydrogens is 353 g/mol. The molecule has 0 aliphatic rings. The van der Waals surface area contributed by atoms with Crippen LogP contribution in [0.2, 0.25) is 0 Å². The quantitative estimate of drug-likeness (QED) is 0.844. The Morgan fingerprint density at radius 1 is 1.26 bits per heavy atom. The van der Waals surface area contributed by atoms with Gasteiger partial charge < -0.3 is 10.5 Å². The van der Waals surface area contributed by atoms with Gasteiger partial charge in [-0.3, -0.25) is 4.79 Å². The first kappa shape index (κ1) is 13.9. The predicted molar refractivity (Wildman–Crippen MR) is 83.2 cm³/mol. The van der Waals surface area contributed by atoms with E-state index in [0.717, 1.165) is 14.9 Å². The van der Waals surface area contributed by atoms with Gasteiger partial charge in [0.25, 0.3) is 0 Å². The molecule has 0 bridgehead atoms. The fourth-order valence-corrected chi connectivity index (χ4v) is 2.37. The topological polar surface area (TPSA) is 52.3 Å². The Morgan fingerprint density at radius 2 is 2.00 bits per heavy atom. The van der Waals surface area contributed by atoms with Gasteiger partial charge in [0, 0.05) is 5.56 Å². The van der Waals surface area contributed by atoms with Crippen molar-refractivity contribution in [1.29, 1.82) is 0 Å². The third-order valence-electron chi connectivity index (χ3n) is 2.86. The van der Waals surface area contributed by atoms with Crippen molar-refractivity contribution in [2.45, 2.75) is 13.5 Å². The number of rotatable bonds is 4. The third kappa shape index (κ3) is 3.47. The lowest BCUT2D eigenvalue weighted by molar-refractivity contribution is 0.1000. The van der Waals surface area contributed by atoms with E-state index in [2.05, 4.69) is 35.6 Å². The summed E-state index contributed by atoms with van der Waals surface area (Å²) in [7, 11) is 0. The van der Waals surface area contributed by atoms with Gasteiger partial charge in [0.1, 0.15) is 12.4 Å². The molecule has 98 valence electrons. The van der Waals surface area contributed by atoms with Crippen molar-refractivity contribution in [3.8, 4) is 5.75 Å². The zero-order chi connectivity index (χ0) is 13.8. The van der Waals surface area contributed by atoms with Crippen LogP contribution in [0.5, 0.6) is 5.75 Å². The molecule has 0 fully saturated rings. The Kier molecular flexibility index (Phi) is 4.42. The average Bonchev–Trinajstić information content (AvgIpc) is 2.39. The molecule has 1 amide bonds. The van der Waals surface area contributed by atoms with Crippen molar-refractivity contribution >= 4 is 28.5 Å². The number of primary amides is 1. The molecule has 0 aliphatic carbocycles. The average molecular weight is 367 g/mol. The van der Waals surface area contributed by atoms with Crippen LogP contribution in [0.3, 0.4) is 0 Å². The third-order valence-corrected chi connectivity index (χ3v) is 3.70. The van der Waals surface area contributed by atoms with Crippen LogP contribution < -0.4 is 10.5 Å². The molecule has 0 saturated carbocycles. The Balaban J connectivity index is 2.12. The maximum Gasteiger partial charge on any atom is 0.248 e. The van der Waals surface area contributed by atoms with Crippen LogP contribution in [0.4, 0.5) is 0 Å². The molecule has 0 radical (unpaired) electrons. The number of halogens is 1. The van der Waals surface area contributed by atoms with Gasteiger partial charge in [-0.15, -0.1) is 0 Å². The van der Waals surface area contributed by atoms with Gasteiger partial charge in [-0.25, -0.2) is 0 Å². The van der Waals surface area contributed by atoms with Gasteiger partial charge in [-0.1, -0.05) is 24.3 Å². The number of nitrogens with two attached hydrogens (primary N) is 1. The van der Waals surface area contributed by atoms with Crippen molar-refractivity contribution in [3.63, 3.8) is 0 Å². The lowest BCUT2D eigenvalue weighted by Gasteiger charge is -2.10. The van der Waals surface area contributed by atoms with E-state index in [1.54, 1.807) is 18.2 Å². The van der Waals surface area contributed by atoms with E-state index in [-0.39, 0.29) is 0 Å². The number of benzene rings is 2. The summed E-state index contributed by atoms with van der Waals surface area (Å²) in [6.45, 7) is 2.57. The van der Waals surface area contributed by atoms with Crippen molar-refractivity contribution < 1.29 is 9.53 Å². The van der Waals surface area contributed by atoms with Crippen molar-refractivity contribution in [2.75, 3.05) is 0 Å². The summed E-state index contributed by atoms with van der Waals surface area (Å²) in [4.78, 5) is 11.1. The molecule has 0 saturated heterocycles. The highest BCUT2D eigenvalue weighted by atomic mass is 127. The first-order valence-electron chi connectivity index (χ1n) is 5.84. The van der Waals surface area contributed by atoms with Crippen LogP contribution in [-0.4, -0.2) is 5.91 Å². The smallest absolute Gasteiger partial charge is 0.248 e. The summed E-state index contributed by atoms with van der Waals surface area (Å²) in [6.07, 6.45) is 0. The number of aryl methyl sites for hydroxylation is 1. The summed E-state index contributed by atoms with van der Waals surface area (Å²) < 4.78 is 6.66. The van der Waals surface area contributed by atoms with Gasteiger partial charge in [0.15, 0.2) is 0 Å². The molecule has 0 unspecified atom stereocenters. The molecular formula is C15H14INO2. The minimum absolute atomic E-state index is 0.427. The second-order valence-corrected chi connectivity index (χ2v) is 5.39. The fraction of sp³-hybridized carbons (Fsp3) is 0.133. The van der Waals surface area contributed by atoms with Crippen molar-refractivity contribution in [2.24, 2.45) is 5.73 Å². The maximum atomic E-state index is 11.1. The van der Waals surface area contributed by atoms with E-state index in [1.807, 2.05) is 18.2 Å². The van der Waals surface area contributed by atoms with E-state index >= 15 is 0 Å². The lowest BCUT2D eigenvalue weighted by Crippen LogP contribution is -2.11. The minimum Gasteiger partial charge on any atom is -0.488 e. The maximum absolute atomic E-state index is 11.1. The first-order chi connectivity index (χ1) is 9.08. The Labute approximate surface area is 125 Å². The minimum atomic E-state index is -0.427. The molecule has 2 rings (SSSR count). The molecule has 19 heavy (non-hydrogen) atoms. The molecule has 0 aliphatic heterocycles. The number of hydrogen-bond donors (Lipinski definition) is 1. The highest BCUT2D eigenvalue weighted by molar-refractivity contribution is 14.1. The lowest BCUT2D eigenvalue weighted by atomic mass is 10.1. The van der Waals surface area contributed by atoms with Crippen molar-refractivity contribution in [1.82, 2.24) is 0 Å². The molecule has 0 spiro atoms. The molecule has 2 aromatic carbocycles. The largest absolute Gasteiger partial charge is 0.488 e. The molecule has 3 nitrogen and oxygen atoms in total. The molecule has 4 heteroatoms. The highest BCUT2D eigenvalue weighted by Crippen LogP contribution is 2.23. The predicted octanol–water partition coefficient (Wildman–Crippen LogP) is 3.28. The Bertz CT molecular complexity index is 611. The normalized spacial score (nSPS) is 10.2. The number of amides is 1. The molecule has 2 N–H and O–H groups in total. The van der Waals surface area contributed by atoms with Gasteiger partial charge in [0.05, 0.1) is 3.57 Å². The Hall–Kier alpha value is -1.56. The number of carbonyl (C=O) groups is 1. The van der Waals surface area contributed by atoms with Gasteiger partial charge in [0.2, 0.25) is 5.91 Å². The van der Waals surface area contributed by atoms with Crippen LogP contribution in [-0.2, 0) is 6.61 Å². The number of carbonyl (C=O) groups excluding carboxylic acids is 1.